The van der Waals surface area contributed by atoms with E-state index < -0.39 is 0 Å². The van der Waals surface area contributed by atoms with Gasteiger partial charge in [0.1, 0.15) is 17.2 Å². The maximum absolute atomic E-state index is 13.5. The Morgan fingerprint density at radius 1 is 1.00 bits per heavy atom. The zero-order valence-electron chi connectivity index (χ0n) is 15.9. The summed E-state index contributed by atoms with van der Waals surface area (Å²) < 4.78 is 33.9. The Kier molecular flexibility index (Phi) is 4.71. The molecule has 1 fully saturated rings. The van der Waals surface area contributed by atoms with Crippen molar-refractivity contribution in [1.29, 1.82) is 0 Å². The van der Waals surface area contributed by atoms with Gasteiger partial charge in [0.2, 0.25) is 0 Å². The standard InChI is InChI=1S/C21H21F2N5O/c22-15-3-5-18-19(12-15)28(26-24-18)9-1-8-27-10-6-14(7-11-27)21-17-4-2-16(23)13-20(17)29-25-21/h2-5,12-14H,1,6-11H2. The minimum Gasteiger partial charge on any atom is -0.356 e. The van der Waals surface area contributed by atoms with Crippen molar-refractivity contribution in [3.05, 3.63) is 53.7 Å². The van der Waals surface area contributed by atoms with Gasteiger partial charge in [-0.15, -0.1) is 5.10 Å². The number of hydrogen-bond acceptors (Lipinski definition) is 5. The molecule has 0 saturated carbocycles. The molecule has 29 heavy (non-hydrogen) atoms. The Balaban J connectivity index is 1.16. The molecule has 1 aliphatic heterocycles. The van der Waals surface area contributed by atoms with Crippen LogP contribution in [-0.2, 0) is 6.54 Å². The first kappa shape index (κ1) is 18.2. The minimum absolute atomic E-state index is 0.272. The summed E-state index contributed by atoms with van der Waals surface area (Å²) in [6.07, 6.45) is 2.92. The first-order chi connectivity index (χ1) is 14.2. The van der Waals surface area contributed by atoms with E-state index in [1.54, 1.807) is 16.8 Å². The Labute approximate surface area is 166 Å². The number of fused-ring (bicyclic) bond motifs is 2. The lowest BCUT2D eigenvalue weighted by atomic mass is 9.91. The molecule has 0 radical (unpaired) electrons. The van der Waals surface area contributed by atoms with Gasteiger partial charge in [0, 0.05) is 30.0 Å². The number of nitrogens with zero attached hydrogens (tertiary/aromatic N) is 5. The Morgan fingerprint density at radius 2 is 1.79 bits per heavy atom. The largest absolute Gasteiger partial charge is 0.356 e. The van der Waals surface area contributed by atoms with Gasteiger partial charge in [0.15, 0.2) is 5.58 Å². The van der Waals surface area contributed by atoms with E-state index in [0.29, 0.717) is 23.6 Å². The highest BCUT2D eigenvalue weighted by Crippen LogP contribution is 2.32. The van der Waals surface area contributed by atoms with Crippen LogP contribution >= 0.6 is 0 Å². The van der Waals surface area contributed by atoms with Gasteiger partial charge >= 0.3 is 0 Å². The van der Waals surface area contributed by atoms with Crippen molar-refractivity contribution < 1.29 is 13.3 Å². The van der Waals surface area contributed by atoms with Crippen LogP contribution < -0.4 is 0 Å². The van der Waals surface area contributed by atoms with Crippen molar-refractivity contribution in [3.63, 3.8) is 0 Å². The van der Waals surface area contributed by atoms with Gasteiger partial charge in [-0.1, -0.05) is 10.4 Å². The third-order valence-electron chi connectivity index (χ3n) is 5.76. The second-order valence-corrected chi connectivity index (χ2v) is 7.62. The van der Waals surface area contributed by atoms with Crippen molar-refractivity contribution in [2.45, 2.75) is 31.7 Å². The molecule has 0 bridgehead atoms. The normalized spacial score (nSPS) is 16.2. The van der Waals surface area contributed by atoms with Gasteiger partial charge in [-0.25, -0.2) is 13.5 Å². The molecule has 5 rings (SSSR count). The molecule has 4 aromatic rings. The summed E-state index contributed by atoms with van der Waals surface area (Å²) >= 11 is 0. The number of benzene rings is 2. The van der Waals surface area contributed by atoms with Gasteiger partial charge in [0.05, 0.1) is 11.2 Å². The molecule has 150 valence electrons. The summed E-state index contributed by atoms with van der Waals surface area (Å²) in [6.45, 7) is 3.62. The molecule has 0 spiro atoms. The summed E-state index contributed by atoms with van der Waals surface area (Å²) in [5, 5.41) is 13.3. The van der Waals surface area contributed by atoms with Gasteiger partial charge in [0.25, 0.3) is 0 Å². The average molecular weight is 397 g/mol. The van der Waals surface area contributed by atoms with E-state index in [-0.39, 0.29) is 11.6 Å². The number of piperidine rings is 1. The average Bonchev–Trinajstić information content (AvgIpc) is 3.32. The second-order valence-electron chi connectivity index (χ2n) is 7.62. The van der Waals surface area contributed by atoms with Crippen LogP contribution in [0.3, 0.4) is 0 Å². The molecule has 1 aliphatic rings. The summed E-state index contributed by atoms with van der Waals surface area (Å²) in [6, 6.07) is 9.14. The first-order valence-corrected chi connectivity index (χ1v) is 9.93. The smallest absolute Gasteiger partial charge is 0.170 e. The molecule has 2 aromatic carbocycles. The minimum atomic E-state index is -0.307. The number of hydrogen-bond donors (Lipinski definition) is 0. The number of aryl methyl sites for hydroxylation is 1. The summed E-state index contributed by atoms with van der Waals surface area (Å²) in [5.41, 5.74) is 2.90. The Morgan fingerprint density at radius 3 is 2.66 bits per heavy atom. The third-order valence-corrected chi connectivity index (χ3v) is 5.76. The molecule has 0 N–H and O–H groups in total. The number of rotatable bonds is 5. The van der Waals surface area contributed by atoms with E-state index in [1.807, 2.05) is 0 Å². The number of likely N-dealkylation sites (tertiary alicyclic amines) is 1. The molecule has 0 unspecified atom stereocenters. The third kappa shape index (κ3) is 3.60. The molecule has 0 aliphatic carbocycles. The van der Waals surface area contributed by atoms with Crippen LogP contribution in [0, 0.1) is 11.6 Å². The zero-order chi connectivity index (χ0) is 19.8. The van der Waals surface area contributed by atoms with E-state index in [0.717, 1.165) is 55.5 Å². The molecule has 3 heterocycles. The van der Waals surface area contributed by atoms with Crippen molar-refractivity contribution in [2.24, 2.45) is 0 Å². The van der Waals surface area contributed by atoms with Crippen LogP contribution in [0.2, 0.25) is 0 Å². The zero-order valence-corrected chi connectivity index (χ0v) is 15.9. The fourth-order valence-corrected chi connectivity index (χ4v) is 4.20. The van der Waals surface area contributed by atoms with Crippen molar-refractivity contribution in [3.8, 4) is 0 Å². The topological polar surface area (TPSA) is 60.0 Å². The van der Waals surface area contributed by atoms with Gasteiger partial charge in [-0.2, -0.15) is 0 Å². The molecule has 8 heteroatoms. The van der Waals surface area contributed by atoms with Crippen LogP contribution in [-0.4, -0.2) is 44.7 Å². The van der Waals surface area contributed by atoms with Gasteiger partial charge in [-0.05, 0) is 63.2 Å². The lowest BCUT2D eigenvalue weighted by Gasteiger charge is -2.31. The molecule has 2 aromatic heterocycles. The molecule has 6 nitrogen and oxygen atoms in total. The van der Waals surface area contributed by atoms with E-state index in [1.165, 1.54) is 24.3 Å². The fourth-order valence-electron chi connectivity index (χ4n) is 4.20. The number of halogens is 2. The summed E-state index contributed by atoms with van der Waals surface area (Å²) in [4.78, 5) is 2.43. The quantitative estimate of drug-likeness (QED) is 0.507. The fraction of sp³-hybridized carbons (Fsp3) is 0.381. The lowest BCUT2D eigenvalue weighted by Crippen LogP contribution is -2.34. The molecule has 0 atom stereocenters. The highest BCUT2D eigenvalue weighted by atomic mass is 19.1. The van der Waals surface area contributed by atoms with Crippen LogP contribution in [0.4, 0.5) is 8.78 Å². The van der Waals surface area contributed by atoms with Gasteiger partial charge < -0.3 is 9.42 Å². The lowest BCUT2D eigenvalue weighted by molar-refractivity contribution is 0.203. The number of aromatic nitrogens is 4. The summed E-state index contributed by atoms with van der Waals surface area (Å²) in [7, 11) is 0. The predicted octanol–water partition coefficient (Wildman–Crippen LogP) is 4.12. The van der Waals surface area contributed by atoms with Crippen molar-refractivity contribution in [2.75, 3.05) is 19.6 Å². The van der Waals surface area contributed by atoms with Crippen molar-refractivity contribution >= 4 is 22.0 Å². The highest BCUT2D eigenvalue weighted by Gasteiger charge is 2.25. The molecule has 1 saturated heterocycles. The van der Waals surface area contributed by atoms with Gasteiger partial charge in [-0.3, -0.25) is 0 Å². The Bertz CT molecular complexity index is 1150. The SMILES string of the molecule is Fc1ccc2c(C3CCN(CCCn4nnc5ccc(F)cc54)CC3)noc2c1. The van der Waals surface area contributed by atoms with Crippen LogP contribution in [0.15, 0.2) is 40.9 Å². The summed E-state index contributed by atoms with van der Waals surface area (Å²) in [5.74, 6) is -0.246. The first-order valence-electron chi connectivity index (χ1n) is 9.93. The Hall–Kier alpha value is -2.87. The molecular weight excluding hydrogens is 376 g/mol. The predicted molar refractivity (Wildman–Crippen MR) is 104 cm³/mol. The maximum Gasteiger partial charge on any atom is 0.170 e. The van der Waals surface area contributed by atoms with E-state index in [2.05, 4.69) is 20.4 Å². The maximum atomic E-state index is 13.5. The molecule has 0 amide bonds. The molecular formula is C21H21F2N5O. The second kappa shape index (κ2) is 7.51. The van der Waals surface area contributed by atoms with E-state index in [9.17, 15) is 8.78 Å². The van der Waals surface area contributed by atoms with Crippen LogP contribution in [0.25, 0.3) is 22.0 Å². The van der Waals surface area contributed by atoms with Crippen LogP contribution in [0.5, 0.6) is 0 Å². The van der Waals surface area contributed by atoms with Crippen LogP contribution in [0.1, 0.15) is 30.9 Å². The van der Waals surface area contributed by atoms with Crippen molar-refractivity contribution in [1.82, 2.24) is 25.1 Å². The monoisotopic (exact) mass is 397 g/mol. The van der Waals surface area contributed by atoms with E-state index >= 15 is 0 Å². The highest BCUT2D eigenvalue weighted by molar-refractivity contribution is 5.80. The van der Waals surface area contributed by atoms with E-state index in [4.69, 9.17) is 4.52 Å².